The molecule has 3 N–H and O–H groups in total. The Bertz CT molecular complexity index is 675. The summed E-state index contributed by atoms with van der Waals surface area (Å²) in [4.78, 5) is 12.4. The average molecular weight is 283 g/mol. The van der Waals surface area contributed by atoms with Gasteiger partial charge in [0.25, 0.3) is 5.91 Å². The lowest BCUT2D eigenvalue weighted by Gasteiger charge is -2.13. The number of anilines is 1. The van der Waals surface area contributed by atoms with Gasteiger partial charge >= 0.3 is 0 Å². The number of carbonyl (C=O) groups excluding carboxylic acids is 1. The molecule has 4 heteroatoms. The molecule has 0 atom stereocenters. The molecule has 0 aliphatic rings. The van der Waals surface area contributed by atoms with Crippen LogP contribution >= 0.6 is 0 Å². The first-order valence-corrected chi connectivity index (χ1v) is 6.63. The lowest BCUT2D eigenvalue weighted by molar-refractivity contribution is 0.102. The van der Waals surface area contributed by atoms with Gasteiger partial charge in [0.2, 0.25) is 0 Å². The molecular weight excluding hydrogens is 266 g/mol. The van der Waals surface area contributed by atoms with Crippen LogP contribution in [0.1, 0.15) is 29.3 Å². The minimum Gasteiger partial charge on any atom is -0.508 e. The summed E-state index contributed by atoms with van der Waals surface area (Å²) in [5.41, 5.74) is 2.15. The SMILES string of the molecule is C=C(CC)c1cccc(O)c1C(=O)Nc1ccc(O)cc1. The summed E-state index contributed by atoms with van der Waals surface area (Å²) in [6, 6.07) is 11.0. The number of allylic oxidation sites excluding steroid dienone is 1. The highest BCUT2D eigenvalue weighted by atomic mass is 16.3. The van der Waals surface area contributed by atoms with Crippen molar-refractivity contribution in [2.75, 3.05) is 5.32 Å². The summed E-state index contributed by atoms with van der Waals surface area (Å²) in [7, 11) is 0. The van der Waals surface area contributed by atoms with Gasteiger partial charge < -0.3 is 15.5 Å². The molecule has 1 amide bonds. The van der Waals surface area contributed by atoms with Crippen LogP contribution in [0, 0.1) is 0 Å². The van der Waals surface area contributed by atoms with Crippen LogP contribution in [0.5, 0.6) is 11.5 Å². The van der Waals surface area contributed by atoms with Crippen molar-refractivity contribution in [3.8, 4) is 11.5 Å². The summed E-state index contributed by atoms with van der Waals surface area (Å²) in [6.45, 7) is 5.86. The van der Waals surface area contributed by atoms with Gasteiger partial charge in [-0.25, -0.2) is 0 Å². The van der Waals surface area contributed by atoms with Crippen molar-refractivity contribution in [3.63, 3.8) is 0 Å². The number of aromatic hydroxyl groups is 2. The molecule has 0 radical (unpaired) electrons. The highest BCUT2D eigenvalue weighted by Gasteiger charge is 2.17. The summed E-state index contributed by atoms with van der Waals surface area (Å²) in [5, 5.41) is 21.9. The maximum atomic E-state index is 12.4. The molecule has 4 nitrogen and oxygen atoms in total. The lowest BCUT2D eigenvalue weighted by atomic mass is 9.97. The number of rotatable bonds is 4. The number of amides is 1. The third-order valence-electron chi connectivity index (χ3n) is 3.20. The third kappa shape index (κ3) is 3.23. The predicted molar refractivity (Wildman–Crippen MR) is 83.5 cm³/mol. The van der Waals surface area contributed by atoms with Gasteiger partial charge in [0.05, 0.1) is 5.56 Å². The molecule has 0 bridgehead atoms. The van der Waals surface area contributed by atoms with E-state index in [1.807, 2.05) is 6.92 Å². The topological polar surface area (TPSA) is 69.6 Å². The van der Waals surface area contributed by atoms with Gasteiger partial charge in [-0.05, 0) is 47.9 Å². The van der Waals surface area contributed by atoms with Crippen molar-refractivity contribution in [1.29, 1.82) is 0 Å². The minimum atomic E-state index is -0.414. The Kier molecular flexibility index (Phi) is 4.28. The van der Waals surface area contributed by atoms with Crippen molar-refractivity contribution in [1.82, 2.24) is 0 Å². The number of hydrogen-bond acceptors (Lipinski definition) is 3. The monoisotopic (exact) mass is 283 g/mol. The molecule has 2 rings (SSSR count). The summed E-state index contributed by atoms with van der Waals surface area (Å²) < 4.78 is 0. The largest absolute Gasteiger partial charge is 0.508 e. The Morgan fingerprint density at radius 2 is 1.81 bits per heavy atom. The van der Waals surface area contributed by atoms with E-state index in [9.17, 15) is 15.0 Å². The smallest absolute Gasteiger partial charge is 0.260 e. The summed E-state index contributed by atoms with van der Waals surface area (Å²) >= 11 is 0. The van der Waals surface area contributed by atoms with E-state index < -0.39 is 5.91 Å². The van der Waals surface area contributed by atoms with Crippen molar-refractivity contribution in [3.05, 3.63) is 60.2 Å². The lowest BCUT2D eigenvalue weighted by Crippen LogP contribution is -2.14. The number of nitrogens with one attached hydrogen (secondary N) is 1. The van der Waals surface area contributed by atoms with Gasteiger partial charge in [0, 0.05) is 5.69 Å². The fourth-order valence-corrected chi connectivity index (χ4v) is 2.00. The highest BCUT2D eigenvalue weighted by Crippen LogP contribution is 2.28. The second-order valence-corrected chi connectivity index (χ2v) is 4.66. The minimum absolute atomic E-state index is 0.0848. The van der Waals surface area contributed by atoms with Gasteiger partial charge in [-0.3, -0.25) is 4.79 Å². The molecular formula is C17H17NO3. The van der Waals surface area contributed by atoms with E-state index in [0.717, 1.165) is 5.57 Å². The van der Waals surface area contributed by atoms with Crippen LogP contribution in [0.15, 0.2) is 49.0 Å². The van der Waals surface area contributed by atoms with Crippen molar-refractivity contribution >= 4 is 17.2 Å². The van der Waals surface area contributed by atoms with E-state index in [1.165, 1.54) is 18.2 Å². The molecule has 108 valence electrons. The van der Waals surface area contributed by atoms with Gasteiger partial charge in [-0.15, -0.1) is 0 Å². The van der Waals surface area contributed by atoms with E-state index in [1.54, 1.807) is 24.3 Å². The molecule has 0 aliphatic carbocycles. The van der Waals surface area contributed by atoms with Crippen LogP contribution in [0.3, 0.4) is 0 Å². The molecule has 21 heavy (non-hydrogen) atoms. The van der Waals surface area contributed by atoms with Crippen LogP contribution in [-0.2, 0) is 0 Å². The predicted octanol–water partition coefficient (Wildman–Crippen LogP) is 3.77. The van der Waals surface area contributed by atoms with Gasteiger partial charge in [-0.2, -0.15) is 0 Å². The van der Waals surface area contributed by atoms with Gasteiger partial charge in [-0.1, -0.05) is 25.6 Å². The Balaban J connectivity index is 2.34. The normalized spacial score (nSPS) is 10.1. The first-order valence-electron chi connectivity index (χ1n) is 6.63. The quantitative estimate of drug-likeness (QED) is 0.748. The van der Waals surface area contributed by atoms with E-state index in [-0.39, 0.29) is 17.1 Å². The molecule has 0 unspecified atom stereocenters. The average Bonchev–Trinajstić information content (AvgIpc) is 2.48. The highest BCUT2D eigenvalue weighted by molar-refractivity contribution is 6.09. The van der Waals surface area contributed by atoms with Crippen LogP contribution < -0.4 is 5.32 Å². The Morgan fingerprint density at radius 1 is 1.14 bits per heavy atom. The van der Waals surface area contributed by atoms with Crippen molar-refractivity contribution in [2.45, 2.75) is 13.3 Å². The van der Waals surface area contributed by atoms with Crippen LogP contribution in [0.2, 0.25) is 0 Å². The summed E-state index contributed by atoms with van der Waals surface area (Å²) in [5.74, 6) is -0.377. The Morgan fingerprint density at radius 3 is 2.43 bits per heavy atom. The number of carbonyl (C=O) groups is 1. The molecule has 0 heterocycles. The zero-order valence-electron chi connectivity index (χ0n) is 11.8. The molecule has 0 spiro atoms. The number of phenols is 2. The fourth-order valence-electron chi connectivity index (χ4n) is 2.00. The van der Waals surface area contributed by atoms with Crippen molar-refractivity contribution in [2.24, 2.45) is 0 Å². The zero-order valence-corrected chi connectivity index (χ0v) is 11.8. The van der Waals surface area contributed by atoms with E-state index in [2.05, 4.69) is 11.9 Å². The summed E-state index contributed by atoms with van der Waals surface area (Å²) in [6.07, 6.45) is 0.683. The molecule has 0 aromatic heterocycles. The third-order valence-corrected chi connectivity index (χ3v) is 3.20. The van der Waals surface area contributed by atoms with Crippen LogP contribution in [-0.4, -0.2) is 16.1 Å². The standard InChI is InChI=1S/C17H17NO3/c1-3-11(2)14-5-4-6-15(20)16(14)17(21)18-12-7-9-13(19)10-8-12/h4-10,19-20H,2-3H2,1H3,(H,18,21). The molecule has 2 aromatic carbocycles. The Hall–Kier alpha value is -2.75. The first kappa shape index (κ1) is 14.7. The molecule has 0 saturated carbocycles. The fraction of sp³-hybridized carbons (Fsp3) is 0.118. The second-order valence-electron chi connectivity index (χ2n) is 4.66. The van der Waals surface area contributed by atoms with E-state index >= 15 is 0 Å². The van der Waals surface area contributed by atoms with Crippen LogP contribution in [0.25, 0.3) is 5.57 Å². The van der Waals surface area contributed by atoms with E-state index in [0.29, 0.717) is 17.7 Å². The number of phenolic OH excluding ortho intramolecular Hbond substituents is 2. The Labute approximate surface area is 123 Å². The van der Waals surface area contributed by atoms with Gasteiger partial charge in [0.15, 0.2) is 0 Å². The molecule has 2 aromatic rings. The molecule has 0 saturated heterocycles. The number of hydrogen-bond donors (Lipinski definition) is 3. The van der Waals surface area contributed by atoms with Gasteiger partial charge in [0.1, 0.15) is 11.5 Å². The van der Waals surface area contributed by atoms with E-state index in [4.69, 9.17) is 0 Å². The van der Waals surface area contributed by atoms with Crippen molar-refractivity contribution < 1.29 is 15.0 Å². The number of benzene rings is 2. The second kappa shape index (κ2) is 6.13. The maximum Gasteiger partial charge on any atom is 0.260 e. The van der Waals surface area contributed by atoms with Crippen LogP contribution in [0.4, 0.5) is 5.69 Å². The zero-order chi connectivity index (χ0) is 15.4. The molecule has 0 fully saturated rings. The first-order chi connectivity index (χ1) is 10.0. The molecule has 0 aliphatic heterocycles. The maximum absolute atomic E-state index is 12.4.